The fraction of sp³-hybridized carbons (Fsp3) is 0.111. The van der Waals surface area contributed by atoms with Crippen LogP contribution in [0.2, 0.25) is 0 Å². The molecule has 0 spiro atoms. The van der Waals surface area contributed by atoms with Gasteiger partial charge in [0.1, 0.15) is 11.2 Å². The van der Waals surface area contributed by atoms with Crippen LogP contribution in [0, 0.1) is 0 Å². The molecule has 100 valence electrons. The highest BCUT2D eigenvalue weighted by Gasteiger charge is 2.11. The van der Waals surface area contributed by atoms with Crippen LogP contribution < -0.4 is 5.32 Å². The third kappa shape index (κ3) is 2.10. The van der Waals surface area contributed by atoms with Crippen molar-refractivity contribution in [3.05, 3.63) is 66.7 Å². The summed E-state index contributed by atoms with van der Waals surface area (Å²) >= 11 is 0. The van der Waals surface area contributed by atoms with Gasteiger partial charge in [-0.25, -0.2) is 0 Å². The fourth-order valence-corrected chi connectivity index (χ4v) is 2.24. The van der Waals surface area contributed by atoms with Crippen molar-refractivity contribution < 1.29 is 11.3 Å². The summed E-state index contributed by atoms with van der Waals surface area (Å²) in [5.74, 6) is 0. The van der Waals surface area contributed by atoms with Crippen molar-refractivity contribution in [2.45, 2.75) is 6.85 Å². The van der Waals surface area contributed by atoms with Crippen molar-refractivity contribution in [1.29, 1.82) is 0 Å². The predicted molar refractivity (Wildman–Crippen MR) is 85.6 cm³/mol. The number of para-hydroxylation sites is 2. The first-order valence-electron chi connectivity index (χ1n) is 8.92. The lowest BCUT2D eigenvalue weighted by molar-refractivity contribution is 0.667. The molecule has 2 nitrogen and oxygen atoms in total. The highest BCUT2D eigenvalue weighted by molar-refractivity contribution is 6.07. The molecule has 0 unspecified atom stereocenters. The molecular formula is C18H17NO. The Kier molecular flexibility index (Phi) is 1.95. The van der Waals surface area contributed by atoms with Crippen LogP contribution in [0.4, 0.5) is 0 Å². The Bertz CT molecular complexity index is 968. The number of benzene rings is 2. The third-order valence-corrected chi connectivity index (χ3v) is 3.16. The molecule has 0 aliphatic rings. The molecule has 0 amide bonds. The van der Waals surface area contributed by atoms with Crippen LogP contribution in [0.1, 0.15) is 19.3 Å². The van der Waals surface area contributed by atoms with Crippen LogP contribution in [0.5, 0.6) is 0 Å². The molecule has 0 aliphatic carbocycles. The normalized spacial score (nSPS) is 17.3. The third-order valence-electron chi connectivity index (χ3n) is 3.16. The zero-order valence-electron chi connectivity index (χ0n) is 15.8. The summed E-state index contributed by atoms with van der Waals surface area (Å²) in [6, 6.07) is 13.3. The van der Waals surface area contributed by atoms with Gasteiger partial charge in [-0.3, -0.25) is 0 Å². The van der Waals surface area contributed by atoms with Gasteiger partial charge in [-0.15, -0.1) is 0 Å². The maximum absolute atomic E-state index is 7.69. The maximum Gasteiger partial charge on any atom is 0.144 e. The van der Waals surface area contributed by atoms with Gasteiger partial charge in [-0.1, -0.05) is 49.0 Å². The number of hydrogen-bond acceptors (Lipinski definition) is 2. The second kappa shape index (κ2) is 4.89. The highest BCUT2D eigenvalue weighted by Crippen LogP contribution is 2.32. The number of hydrogen-bond donors (Lipinski definition) is 1. The van der Waals surface area contributed by atoms with Gasteiger partial charge in [0.25, 0.3) is 0 Å². The largest absolute Gasteiger partial charge is 0.455 e. The lowest BCUT2D eigenvalue weighted by Gasteiger charge is -2.09. The second-order valence-corrected chi connectivity index (χ2v) is 4.57. The van der Waals surface area contributed by atoms with Crippen LogP contribution in [0.3, 0.4) is 0 Å². The average molecular weight is 268 g/mol. The molecule has 0 radical (unpaired) electrons. The second-order valence-electron chi connectivity index (χ2n) is 4.57. The zero-order chi connectivity index (χ0) is 18.0. The number of furan rings is 1. The standard InChI is InChI=1S/C18H17NO/c1-12(2)11-19-13(3)14-8-6-9-16-15-7-4-5-10-17(15)20-18(14)16/h4-10,19H,1,3,11H2,2H3/i1D,2D3,3D. The van der Waals surface area contributed by atoms with Crippen LogP contribution in [-0.4, -0.2) is 6.54 Å². The van der Waals surface area contributed by atoms with Crippen LogP contribution in [0.15, 0.2) is 65.6 Å². The first-order valence-corrected chi connectivity index (χ1v) is 6.26. The minimum absolute atomic E-state index is 0.0244. The number of nitrogens with one attached hydrogen (secondary N) is 1. The van der Waals surface area contributed by atoms with Gasteiger partial charge in [0.15, 0.2) is 0 Å². The SMILES string of the molecule is [2H]C=C(NCC(=C[2H])C([2H])([2H])[2H])c1cccc2c1oc1ccccc12. The summed E-state index contributed by atoms with van der Waals surface area (Å²) in [7, 11) is 0. The van der Waals surface area contributed by atoms with Crippen LogP contribution in [0.25, 0.3) is 27.6 Å². The van der Waals surface area contributed by atoms with Gasteiger partial charge in [0.05, 0.1) is 2.74 Å². The van der Waals surface area contributed by atoms with E-state index in [2.05, 4.69) is 5.32 Å². The Morgan fingerprint density at radius 1 is 1.20 bits per heavy atom. The van der Waals surface area contributed by atoms with Crippen molar-refractivity contribution in [3.8, 4) is 0 Å². The first kappa shape index (κ1) is 7.95. The minimum atomic E-state index is -2.34. The molecule has 2 aromatic carbocycles. The van der Waals surface area contributed by atoms with Crippen LogP contribution >= 0.6 is 0 Å². The summed E-state index contributed by atoms with van der Waals surface area (Å²) < 4.78 is 43.2. The van der Waals surface area contributed by atoms with Crippen molar-refractivity contribution in [2.24, 2.45) is 0 Å². The number of rotatable bonds is 4. The molecule has 0 aliphatic heterocycles. The summed E-state index contributed by atoms with van der Waals surface area (Å²) in [5.41, 5.74) is 2.49. The molecule has 0 atom stereocenters. The van der Waals surface area contributed by atoms with Crippen LogP contribution in [-0.2, 0) is 0 Å². The summed E-state index contributed by atoms with van der Waals surface area (Å²) in [5, 5.41) is 4.86. The quantitative estimate of drug-likeness (QED) is 0.692. The Balaban J connectivity index is 1.99. The minimum Gasteiger partial charge on any atom is -0.455 e. The van der Waals surface area contributed by atoms with Gasteiger partial charge in [0, 0.05) is 32.7 Å². The Hall–Kier alpha value is -2.48. The molecule has 1 N–H and O–H groups in total. The highest BCUT2D eigenvalue weighted by atomic mass is 16.3. The lowest BCUT2D eigenvalue weighted by atomic mass is 10.1. The smallest absolute Gasteiger partial charge is 0.144 e. The van der Waals surface area contributed by atoms with E-state index in [9.17, 15) is 0 Å². The molecule has 0 saturated carbocycles. The van der Waals surface area contributed by atoms with E-state index in [0.717, 1.165) is 29.5 Å². The van der Waals surface area contributed by atoms with Gasteiger partial charge in [0.2, 0.25) is 0 Å². The van der Waals surface area contributed by atoms with Gasteiger partial charge in [-0.05, 0) is 19.0 Å². The van der Waals surface area contributed by atoms with Crippen molar-refractivity contribution >= 4 is 27.6 Å². The number of fused-ring (bicyclic) bond motifs is 3. The first-order chi connectivity index (χ1) is 12.0. The van der Waals surface area contributed by atoms with E-state index in [4.69, 9.17) is 11.3 Å². The average Bonchev–Trinajstić information content (AvgIpc) is 2.97. The Labute approximate surface area is 125 Å². The van der Waals surface area contributed by atoms with E-state index in [0.29, 0.717) is 16.8 Å². The molecular weight excluding hydrogens is 246 g/mol. The zero-order valence-corrected chi connectivity index (χ0v) is 10.8. The predicted octanol–water partition coefficient (Wildman–Crippen LogP) is 4.72. The van der Waals surface area contributed by atoms with E-state index < -0.39 is 6.85 Å². The molecule has 1 aromatic heterocycles. The van der Waals surface area contributed by atoms with E-state index in [1.54, 1.807) is 0 Å². The fourth-order valence-electron chi connectivity index (χ4n) is 2.24. The summed E-state index contributed by atoms with van der Waals surface area (Å²) in [6.45, 7) is -0.416. The van der Waals surface area contributed by atoms with Gasteiger partial charge >= 0.3 is 0 Å². The van der Waals surface area contributed by atoms with E-state index in [1.165, 1.54) is 0 Å². The van der Waals surface area contributed by atoms with E-state index in [1.807, 2.05) is 42.5 Å². The van der Waals surface area contributed by atoms with Gasteiger partial charge in [-0.2, -0.15) is 0 Å². The summed E-state index contributed by atoms with van der Waals surface area (Å²) in [4.78, 5) is 0. The van der Waals surface area contributed by atoms with Crippen molar-refractivity contribution in [2.75, 3.05) is 6.54 Å². The molecule has 0 bridgehead atoms. The molecule has 3 aromatic rings. The van der Waals surface area contributed by atoms with E-state index >= 15 is 0 Å². The summed E-state index contributed by atoms with van der Waals surface area (Å²) in [6.07, 6.45) is 0. The van der Waals surface area contributed by atoms with Crippen molar-refractivity contribution in [3.63, 3.8) is 0 Å². The molecule has 20 heavy (non-hydrogen) atoms. The molecule has 0 fully saturated rings. The molecule has 2 heteroatoms. The Morgan fingerprint density at radius 3 is 2.95 bits per heavy atom. The van der Waals surface area contributed by atoms with Gasteiger partial charge < -0.3 is 9.73 Å². The maximum atomic E-state index is 7.69. The molecule has 3 rings (SSSR count). The molecule has 0 saturated heterocycles. The monoisotopic (exact) mass is 268 g/mol. The Morgan fingerprint density at radius 2 is 2.10 bits per heavy atom. The molecule has 1 heterocycles. The topological polar surface area (TPSA) is 25.2 Å². The van der Waals surface area contributed by atoms with E-state index in [-0.39, 0.29) is 12.1 Å². The lowest BCUT2D eigenvalue weighted by Crippen LogP contribution is -2.13. The van der Waals surface area contributed by atoms with Crippen molar-refractivity contribution in [1.82, 2.24) is 5.32 Å².